The Hall–Kier alpha value is -3.60. The van der Waals surface area contributed by atoms with Crippen LogP contribution in [0.3, 0.4) is 0 Å². The van der Waals surface area contributed by atoms with Gasteiger partial charge in [-0.25, -0.2) is 0 Å². The van der Waals surface area contributed by atoms with E-state index in [0.717, 1.165) is 48.4 Å². The molecule has 0 saturated carbocycles. The molecule has 0 atom stereocenters. The molecule has 3 N–H and O–H groups in total. The van der Waals surface area contributed by atoms with Crippen LogP contribution in [0.5, 0.6) is 0 Å². The smallest absolute Gasteiger partial charge is 0.256 e. The van der Waals surface area contributed by atoms with E-state index in [-0.39, 0.29) is 17.2 Å². The Morgan fingerprint density at radius 2 is 1.47 bits per heavy atom. The van der Waals surface area contributed by atoms with Gasteiger partial charge in [0.25, 0.3) is 5.91 Å². The van der Waals surface area contributed by atoms with Crippen LogP contribution in [0.2, 0.25) is 0 Å². The Balaban J connectivity index is 0.00000127. The van der Waals surface area contributed by atoms with Crippen LogP contribution < -0.4 is 16.0 Å². The fourth-order valence-electron chi connectivity index (χ4n) is 4.72. The first-order valence-corrected chi connectivity index (χ1v) is 13.8. The third-order valence-corrected chi connectivity index (χ3v) is 6.83. The molecule has 1 saturated heterocycles. The number of rotatable bonds is 6. The first kappa shape index (κ1) is 29.0. The van der Waals surface area contributed by atoms with E-state index in [9.17, 15) is 9.59 Å². The average molecular weight is 514 g/mol. The maximum Gasteiger partial charge on any atom is 0.256 e. The minimum Gasteiger partial charge on any atom is -0.372 e. The SMILES string of the molecule is CC(C)(C)c1ccc(-c2ccccc2C(=O)Nc2ccc(N3CCC(CC(N)=O)CC3)cc2)cc1.CCC. The molecule has 0 radical (unpaired) electrons. The van der Waals surface area contributed by atoms with Crippen molar-refractivity contribution < 1.29 is 9.59 Å². The Labute approximate surface area is 228 Å². The van der Waals surface area contributed by atoms with Gasteiger partial charge in [0.1, 0.15) is 0 Å². The summed E-state index contributed by atoms with van der Waals surface area (Å²) in [6, 6.07) is 24.2. The van der Waals surface area contributed by atoms with Gasteiger partial charge >= 0.3 is 0 Å². The van der Waals surface area contributed by atoms with Crippen LogP contribution in [0.1, 0.15) is 76.2 Å². The second-order valence-electron chi connectivity index (χ2n) is 11.2. The van der Waals surface area contributed by atoms with Gasteiger partial charge in [0.15, 0.2) is 0 Å². The van der Waals surface area contributed by atoms with E-state index < -0.39 is 0 Å². The number of amides is 2. The van der Waals surface area contributed by atoms with Crippen LogP contribution in [0.4, 0.5) is 11.4 Å². The number of carbonyl (C=O) groups excluding carboxylic acids is 2. The first-order valence-electron chi connectivity index (χ1n) is 13.8. The molecule has 4 rings (SSSR count). The Kier molecular flexibility index (Phi) is 10.1. The maximum absolute atomic E-state index is 13.2. The Morgan fingerprint density at radius 1 is 0.895 bits per heavy atom. The topological polar surface area (TPSA) is 75.4 Å². The van der Waals surface area contributed by atoms with Gasteiger partial charge in [-0.2, -0.15) is 0 Å². The van der Waals surface area contributed by atoms with Crippen LogP contribution in [0.15, 0.2) is 72.8 Å². The van der Waals surface area contributed by atoms with E-state index >= 15 is 0 Å². The number of nitrogens with zero attached hydrogens (tertiary/aromatic N) is 1. The number of nitrogens with two attached hydrogens (primary N) is 1. The van der Waals surface area contributed by atoms with Gasteiger partial charge in [-0.3, -0.25) is 9.59 Å². The quantitative estimate of drug-likeness (QED) is 0.360. The highest BCUT2D eigenvalue weighted by Gasteiger charge is 2.21. The van der Waals surface area contributed by atoms with Crippen LogP contribution in [-0.2, 0) is 10.2 Å². The lowest BCUT2D eigenvalue weighted by molar-refractivity contribution is -0.119. The number of piperidine rings is 1. The van der Waals surface area contributed by atoms with E-state index in [1.807, 2.05) is 48.5 Å². The number of primary amides is 1. The van der Waals surface area contributed by atoms with Crippen molar-refractivity contribution in [3.63, 3.8) is 0 Å². The van der Waals surface area contributed by atoms with E-state index in [0.29, 0.717) is 17.9 Å². The van der Waals surface area contributed by atoms with Crippen LogP contribution in [-0.4, -0.2) is 24.9 Å². The van der Waals surface area contributed by atoms with E-state index in [1.165, 1.54) is 12.0 Å². The average Bonchev–Trinajstić information content (AvgIpc) is 2.89. The molecule has 0 unspecified atom stereocenters. The molecular formula is C33H43N3O2. The highest BCUT2D eigenvalue weighted by atomic mass is 16.2. The largest absolute Gasteiger partial charge is 0.372 e. The normalized spacial score (nSPS) is 13.9. The molecule has 38 heavy (non-hydrogen) atoms. The number of hydrogen-bond acceptors (Lipinski definition) is 3. The predicted molar refractivity (Wildman–Crippen MR) is 160 cm³/mol. The van der Waals surface area contributed by atoms with Crippen molar-refractivity contribution in [3.8, 4) is 11.1 Å². The Bertz CT molecular complexity index is 1190. The summed E-state index contributed by atoms with van der Waals surface area (Å²) in [4.78, 5) is 26.7. The van der Waals surface area contributed by atoms with E-state index in [1.54, 1.807) is 0 Å². The monoisotopic (exact) mass is 513 g/mol. The Morgan fingerprint density at radius 3 is 2.03 bits per heavy atom. The zero-order chi connectivity index (χ0) is 27.7. The van der Waals surface area contributed by atoms with Crippen LogP contribution in [0, 0.1) is 5.92 Å². The highest BCUT2D eigenvalue weighted by Crippen LogP contribution is 2.29. The van der Waals surface area contributed by atoms with Gasteiger partial charge in [-0.1, -0.05) is 83.5 Å². The molecule has 0 spiro atoms. The number of carbonyl (C=O) groups is 2. The molecule has 5 heteroatoms. The molecule has 0 aliphatic carbocycles. The minimum absolute atomic E-state index is 0.0843. The molecule has 1 fully saturated rings. The summed E-state index contributed by atoms with van der Waals surface area (Å²) in [5.74, 6) is 0.0413. The fraction of sp³-hybridized carbons (Fsp3) is 0.394. The molecule has 1 aliphatic rings. The van der Waals surface area contributed by atoms with Crippen molar-refractivity contribution in [2.75, 3.05) is 23.3 Å². The summed E-state index contributed by atoms with van der Waals surface area (Å²) in [7, 11) is 0. The molecule has 2 amide bonds. The van der Waals surface area contributed by atoms with Crippen molar-refractivity contribution >= 4 is 23.2 Å². The predicted octanol–water partition coefficient (Wildman–Crippen LogP) is 7.41. The summed E-state index contributed by atoms with van der Waals surface area (Å²) in [6.45, 7) is 12.7. The number of benzene rings is 3. The molecule has 3 aromatic carbocycles. The van der Waals surface area contributed by atoms with Gasteiger partial charge in [0.2, 0.25) is 5.91 Å². The molecule has 1 heterocycles. The summed E-state index contributed by atoms with van der Waals surface area (Å²) >= 11 is 0. The lowest BCUT2D eigenvalue weighted by Gasteiger charge is -2.33. The zero-order valence-corrected chi connectivity index (χ0v) is 23.6. The summed E-state index contributed by atoms with van der Waals surface area (Å²) in [6.07, 6.45) is 3.66. The molecule has 202 valence electrons. The highest BCUT2D eigenvalue weighted by molar-refractivity contribution is 6.08. The van der Waals surface area contributed by atoms with Gasteiger partial charge in [-0.15, -0.1) is 0 Å². The standard InChI is InChI=1S/C30H35N3O2.C3H8/c1-30(2,3)23-10-8-22(9-11-23)26-6-4-5-7-27(26)29(35)32-24-12-14-25(15-13-24)33-18-16-21(17-19-33)20-28(31)34;1-3-2/h4-15,21H,16-20H2,1-3H3,(H2,31,34)(H,32,35);3H2,1-2H3. The number of anilines is 2. The first-order chi connectivity index (χ1) is 18.1. The second-order valence-corrected chi connectivity index (χ2v) is 11.2. The van der Waals surface area contributed by atoms with Crippen molar-refractivity contribution in [2.45, 2.75) is 65.7 Å². The van der Waals surface area contributed by atoms with Crippen molar-refractivity contribution in [2.24, 2.45) is 11.7 Å². The fourth-order valence-corrected chi connectivity index (χ4v) is 4.72. The molecule has 1 aliphatic heterocycles. The van der Waals surface area contributed by atoms with Crippen molar-refractivity contribution in [1.29, 1.82) is 0 Å². The minimum atomic E-state index is -0.216. The molecule has 0 bridgehead atoms. The summed E-state index contributed by atoms with van der Waals surface area (Å²) in [5, 5.41) is 3.05. The van der Waals surface area contributed by atoms with Gasteiger partial charge in [0, 0.05) is 36.4 Å². The maximum atomic E-state index is 13.2. The van der Waals surface area contributed by atoms with Crippen LogP contribution >= 0.6 is 0 Å². The third-order valence-electron chi connectivity index (χ3n) is 6.83. The molecular weight excluding hydrogens is 470 g/mol. The molecule has 5 nitrogen and oxygen atoms in total. The molecule has 0 aromatic heterocycles. The van der Waals surface area contributed by atoms with Gasteiger partial charge in [-0.05, 0) is 71.2 Å². The van der Waals surface area contributed by atoms with Gasteiger partial charge in [0.05, 0.1) is 0 Å². The number of hydrogen-bond donors (Lipinski definition) is 2. The van der Waals surface area contributed by atoms with Crippen molar-refractivity contribution in [3.05, 3.63) is 83.9 Å². The lowest BCUT2D eigenvalue weighted by Crippen LogP contribution is -2.35. The summed E-state index contributed by atoms with van der Waals surface area (Å²) < 4.78 is 0. The zero-order valence-electron chi connectivity index (χ0n) is 23.6. The van der Waals surface area contributed by atoms with E-state index in [4.69, 9.17) is 5.73 Å². The van der Waals surface area contributed by atoms with Crippen LogP contribution in [0.25, 0.3) is 11.1 Å². The summed E-state index contributed by atoms with van der Waals surface area (Å²) in [5.41, 5.74) is 11.2. The number of nitrogens with one attached hydrogen (secondary N) is 1. The lowest BCUT2D eigenvalue weighted by atomic mass is 9.86. The second kappa shape index (κ2) is 13.3. The van der Waals surface area contributed by atoms with E-state index in [2.05, 4.69) is 69.1 Å². The van der Waals surface area contributed by atoms with Gasteiger partial charge < -0.3 is 16.0 Å². The van der Waals surface area contributed by atoms with Crippen molar-refractivity contribution in [1.82, 2.24) is 0 Å². The molecule has 3 aromatic rings. The third kappa shape index (κ3) is 7.95.